The Morgan fingerprint density at radius 1 is 1.20 bits per heavy atom. The van der Waals surface area contributed by atoms with Crippen molar-refractivity contribution in [1.29, 1.82) is 0 Å². The minimum absolute atomic E-state index is 0.150. The average molecular weight is 245 g/mol. The van der Waals surface area contributed by atoms with E-state index in [1.165, 1.54) is 5.56 Å². The highest BCUT2D eigenvalue weighted by atomic mass is 35.5. The van der Waals surface area contributed by atoms with E-state index in [1.54, 1.807) is 0 Å². The van der Waals surface area contributed by atoms with Gasteiger partial charge in [-0.1, -0.05) is 50.4 Å². The van der Waals surface area contributed by atoms with Crippen LogP contribution in [0.5, 0.6) is 0 Å². The smallest absolute Gasteiger partial charge is 0.0444 e. The molecule has 0 spiro atoms. The molecule has 0 amide bonds. The molecule has 1 aromatic rings. The summed E-state index contributed by atoms with van der Waals surface area (Å²) in [6, 6.07) is 5.74. The summed E-state index contributed by atoms with van der Waals surface area (Å²) in [4.78, 5) is 0. The van der Waals surface area contributed by atoms with E-state index >= 15 is 0 Å². The Hall–Kier alpha value is -0.200. The molecule has 84 valence electrons. The number of benzene rings is 1. The van der Waals surface area contributed by atoms with Crippen molar-refractivity contribution in [3.05, 3.63) is 33.8 Å². The standard InChI is InChI=1S/C13H18Cl2/c1-4-8-13(3,5-2)11-9-10(14)6-7-12(11)15/h6-7,9H,4-5,8H2,1-3H3. The molecule has 1 atom stereocenters. The van der Waals surface area contributed by atoms with Gasteiger partial charge in [0.2, 0.25) is 0 Å². The maximum Gasteiger partial charge on any atom is 0.0444 e. The predicted octanol–water partition coefficient (Wildman–Crippen LogP) is 5.46. The van der Waals surface area contributed by atoms with Crippen LogP contribution in [-0.2, 0) is 5.41 Å². The minimum Gasteiger partial charge on any atom is -0.0843 e. The summed E-state index contributed by atoms with van der Waals surface area (Å²) in [6.07, 6.45) is 3.39. The van der Waals surface area contributed by atoms with Gasteiger partial charge in [-0.15, -0.1) is 0 Å². The molecule has 0 aromatic heterocycles. The lowest BCUT2D eigenvalue weighted by Gasteiger charge is -2.29. The van der Waals surface area contributed by atoms with Crippen LogP contribution in [0.15, 0.2) is 18.2 Å². The molecule has 0 saturated heterocycles. The predicted molar refractivity (Wildman–Crippen MR) is 69.0 cm³/mol. The molecule has 1 rings (SSSR count). The molecule has 0 nitrogen and oxygen atoms in total. The van der Waals surface area contributed by atoms with Gasteiger partial charge in [-0.05, 0) is 42.0 Å². The Morgan fingerprint density at radius 2 is 1.87 bits per heavy atom. The monoisotopic (exact) mass is 244 g/mol. The summed E-state index contributed by atoms with van der Waals surface area (Å²) in [5.41, 5.74) is 1.33. The Kier molecular flexibility index (Phi) is 4.48. The molecule has 1 aromatic carbocycles. The number of hydrogen-bond acceptors (Lipinski definition) is 0. The van der Waals surface area contributed by atoms with Crippen molar-refractivity contribution in [1.82, 2.24) is 0 Å². The van der Waals surface area contributed by atoms with E-state index in [2.05, 4.69) is 20.8 Å². The van der Waals surface area contributed by atoms with Gasteiger partial charge in [0.15, 0.2) is 0 Å². The van der Waals surface area contributed by atoms with Crippen molar-refractivity contribution in [2.24, 2.45) is 0 Å². The van der Waals surface area contributed by atoms with Gasteiger partial charge in [-0.3, -0.25) is 0 Å². The molecule has 0 aliphatic heterocycles. The van der Waals surface area contributed by atoms with Crippen LogP contribution in [0.1, 0.15) is 45.6 Å². The quantitative estimate of drug-likeness (QED) is 0.660. The first-order valence-corrected chi connectivity index (χ1v) is 6.24. The molecule has 15 heavy (non-hydrogen) atoms. The fourth-order valence-electron chi connectivity index (χ4n) is 2.01. The lowest BCUT2D eigenvalue weighted by Crippen LogP contribution is -2.21. The van der Waals surface area contributed by atoms with Crippen LogP contribution in [0.25, 0.3) is 0 Å². The average Bonchev–Trinajstić information content (AvgIpc) is 2.22. The lowest BCUT2D eigenvalue weighted by molar-refractivity contribution is 0.414. The van der Waals surface area contributed by atoms with Crippen molar-refractivity contribution in [2.75, 3.05) is 0 Å². The van der Waals surface area contributed by atoms with Crippen molar-refractivity contribution < 1.29 is 0 Å². The van der Waals surface area contributed by atoms with Crippen LogP contribution in [-0.4, -0.2) is 0 Å². The van der Waals surface area contributed by atoms with Gasteiger partial charge in [0.1, 0.15) is 0 Å². The molecule has 0 aliphatic rings. The molecular formula is C13H18Cl2. The largest absolute Gasteiger partial charge is 0.0843 e. The van der Waals surface area contributed by atoms with E-state index in [1.807, 2.05) is 18.2 Å². The molecule has 0 bridgehead atoms. The molecule has 0 heterocycles. The van der Waals surface area contributed by atoms with E-state index in [-0.39, 0.29) is 5.41 Å². The second-order valence-electron chi connectivity index (χ2n) is 4.29. The van der Waals surface area contributed by atoms with Gasteiger partial charge in [0, 0.05) is 10.0 Å². The number of rotatable bonds is 4. The molecule has 2 heteroatoms. The normalized spacial score (nSPS) is 15.0. The zero-order valence-electron chi connectivity index (χ0n) is 9.61. The Bertz CT molecular complexity index is 333. The summed E-state index contributed by atoms with van der Waals surface area (Å²) in [5.74, 6) is 0. The van der Waals surface area contributed by atoms with E-state index in [4.69, 9.17) is 23.2 Å². The number of hydrogen-bond donors (Lipinski definition) is 0. The molecule has 0 radical (unpaired) electrons. The van der Waals surface area contributed by atoms with Crippen LogP contribution in [0.2, 0.25) is 10.0 Å². The summed E-state index contributed by atoms with van der Waals surface area (Å²) in [7, 11) is 0. The molecule has 0 N–H and O–H groups in total. The third kappa shape index (κ3) is 2.89. The van der Waals surface area contributed by atoms with Crippen molar-refractivity contribution in [3.8, 4) is 0 Å². The second kappa shape index (κ2) is 5.23. The number of halogens is 2. The molecule has 0 aliphatic carbocycles. The van der Waals surface area contributed by atoms with Gasteiger partial charge >= 0.3 is 0 Å². The van der Waals surface area contributed by atoms with Crippen LogP contribution < -0.4 is 0 Å². The molecular weight excluding hydrogens is 227 g/mol. The highest BCUT2D eigenvalue weighted by molar-refractivity contribution is 6.33. The van der Waals surface area contributed by atoms with E-state index in [9.17, 15) is 0 Å². The van der Waals surface area contributed by atoms with Gasteiger partial charge in [0.05, 0.1) is 0 Å². The van der Waals surface area contributed by atoms with Crippen molar-refractivity contribution >= 4 is 23.2 Å². The van der Waals surface area contributed by atoms with Gasteiger partial charge in [-0.2, -0.15) is 0 Å². The maximum absolute atomic E-state index is 6.24. The van der Waals surface area contributed by atoms with E-state index in [0.29, 0.717) is 0 Å². The van der Waals surface area contributed by atoms with Crippen molar-refractivity contribution in [2.45, 2.75) is 45.4 Å². The topological polar surface area (TPSA) is 0 Å². The SMILES string of the molecule is CCCC(C)(CC)c1cc(Cl)ccc1Cl. The highest BCUT2D eigenvalue weighted by Gasteiger charge is 2.25. The minimum atomic E-state index is 0.150. The third-order valence-electron chi connectivity index (χ3n) is 3.16. The van der Waals surface area contributed by atoms with Crippen LogP contribution in [0, 0.1) is 0 Å². The fourth-order valence-corrected chi connectivity index (χ4v) is 2.53. The van der Waals surface area contributed by atoms with Gasteiger partial charge in [-0.25, -0.2) is 0 Å². The Balaban J connectivity index is 3.16. The molecule has 0 fully saturated rings. The van der Waals surface area contributed by atoms with Crippen LogP contribution >= 0.6 is 23.2 Å². The van der Waals surface area contributed by atoms with Crippen LogP contribution in [0.4, 0.5) is 0 Å². The van der Waals surface area contributed by atoms with Crippen LogP contribution in [0.3, 0.4) is 0 Å². The summed E-state index contributed by atoms with van der Waals surface area (Å²) in [5, 5.41) is 1.60. The first-order valence-electron chi connectivity index (χ1n) is 5.49. The zero-order chi connectivity index (χ0) is 11.5. The molecule has 1 unspecified atom stereocenters. The maximum atomic E-state index is 6.24. The van der Waals surface area contributed by atoms with Gasteiger partial charge < -0.3 is 0 Å². The van der Waals surface area contributed by atoms with Crippen molar-refractivity contribution in [3.63, 3.8) is 0 Å². The van der Waals surface area contributed by atoms with Gasteiger partial charge in [0.25, 0.3) is 0 Å². The van der Waals surface area contributed by atoms with E-state index < -0.39 is 0 Å². The Labute approximate surface area is 103 Å². The zero-order valence-corrected chi connectivity index (χ0v) is 11.1. The summed E-state index contributed by atoms with van der Waals surface area (Å²) < 4.78 is 0. The Morgan fingerprint density at radius 3 is 2.40 bits per heavy atom. The first-order chi connectivity index (χ1) is 7.03. The third-order valence-corrected chi connectivity index (χ3v) is 3.73. The summed E-state index contributed by atoms with van der Waals surface area (Å²) >= 11 is 12.3. The van der Waals surface area contributed by atoms with E-state index in [0.717, 1.165) is 29.3 Å². The molecule has 0 saturated carbocycles. The second-order valence-corrected chi connectivity index (χ2v) is 5.13. The summed E-state index contributed by atoms with van der Waals surface area (Å²) in [6.45, 7) is 6.66. The fraction of sp³-hybridized carbons (Fsp3) is 0.538. The highest BCUT2D eigenvalue weighted by Crippen LogP contribution is 2.38. The first kappa shape index (κ1) is 12.9. The lowest BCUT2D eigenvalue weighted by atomic mass is 9.76.